The van der Waals surface area contributed by atoms with E-state index in [4.69, 9.17) is 0 Å². The van der Waals surface area contributed by atoms with E-state index < -0.39 is 10.8 Å². The summed E-state index contributed by atoms with van der Waals surface area (Å²) >= 11 is 0. The van der Waals surface area contributed by atoms with Crippen molar-refractivity contribution in [1.82, 2.24) is 0 Å². The molecule has 1 N–H and O–H groups in total. The zero-order valence-electron chi connectivity index (χ0n) is 15.5. The molecule has 1 heterocycles. The molecule has 2 amide bonds. The minimum Gasteiger partial charge on any atom is -0.320 e. The van der Waals surface area contributed by atoms with E-state index in [1.165, 1.54) is 6.07 Å². The van der Waals surface area contributed by atoms with Gasteiger partial charge in [0.25, 0.3) is 5.69 Å². The molecular weight excluding hydrogens is 346 g/mol. The van der Waals surface area contributed by atoms with Gasteiger partial charge < -0.3 is 10.2 Å². The summed E-state index contributed by atoms with van der Waals surface area (Å²) in [6.45, 7) is 5.83. The van der Waals surface area contributed by atoms with Crippen molar-refractivity contribution in [2.45, 2.75) is 27.2 Å². The molecule has 0 saturated carbocycles. The first-order chi connectivity index (χ1) is 12.8. The highest BCUT2D eigenvalue weighted by Gasteiger charge is 2.36. The van der Waals surface area contributed by atoms with Gasteiger partial charge in [0.2, 0.25) is 11.8 Å². The Bertz CT molecular complexity index is 939. The topological polar surface area (TPSA) is 92.6 Å². The average molecular weight is 367 g/mol. The molecule has 0 radical (unpaired) electrons. The Labute approximate surface area is 157 Å². The number of nitrogens with zero attached hydrogens (tertiary/aromatic N) is 2. The van der Waals surface area contributed by atoms with Gasteiger partial charge in [-0.1, -0.05) is 24.3 Å². The fourth-order valence-corrected chi connectivity index (χ4v) is 3.32. The summed E-state index contributed by atoms with van der Waals surface area (Å²) in [5.41, 5.74) is 3.44. The van der Waals surface area contributed by atoms with Gasteiger partial charge in [0, 0.05) is 24.7 Å². The number of hydrogen-bond acceptors (Lipinski definition) is 4. The van der Waals surface area contributed by atoms with Gasteiger partial charge in [-0.15, -0.1) is 0 Å². The minimum atomic E-state index is -0.559. The quantitative estimate of drug-likeness (QED) is 0.661. The van der Waals surface area contributed by atoms with E-state index in [1.54, 1.807) is 24.0 Å². The fourth-order valence-electron chi connectivity index (χ4n) is 3.32. The number of nitrogens with one attached hydrogen (secondary N) is 1. The van der Waals surface area contributed by atoms with Crippen LogP contribution < -0.4 is 10.2 Å². The van der Waals surface area contributed by atoms with Gasteiger partial charge in [-0.05, 0) is 43.5 Å². The summed E-state index contributed by atoms with van der Waals surface area (Å²) in [5, 5.41) is 13.9. The van der Waals surface area contributed by atoms with Crippen LogP contribution in [-0.2, 0) is 9.59 Å². The van der Waals surface area contributed by atoms with E-state index in [2.05, 4.69) is 5.32 Å². The van der Waals surface area contributed by atoms with Crippen molar-refractivity contribution in [2.24, 2.45) is 5.92 Å². The second-order valence-corrected chi connectivity index (χ2v) is 6.91. The third-order valence-corrected chi connectivity index (χ3v) is 4.85. The van der Waals surface area contributed by atoms with E-state index in [0.717, 1.165) is 16.8 Å². The molecule has 0 aromatic heterocycles. The van der Waals surface area contributed by atoms with E-state index in [9.17, 15) is 19.7 Å². The molecule has 0 aliphatic carbocycles. The highest BCUT2D eigenvalue weighted by molar-refractivity contribution is 6.04. The smallest absolute Gasteiger partial charge is 0.293 e. The van der Waals surface area contributed by atoms with Gasteiger partial charge in [0.05, 0.1) is 10.8 Å². The summed E-state index contributed by atoms with van der Waals surface area (Å²) in [6.07, 6.45) is 0.0822. The SMILES string of the molecule is Cc1ccc(C)c(N2CC(C(=O)Nc3c(C)cccc3[N+](=O)[O-])CC2=O)c1. The van der Waals surface area contributed by atoms with Crippen LogP contribution in [0.3, 0.4) is 0 Å². The average Bonchev–Trinajstić information content (AvgIpc) is 3.00. The number of hydrogen-bond donors (Lipinski definition) is 1. The Morgan fingerprint density at radius 3 is 2.63 bits per heavy atom. The lowest BCUT2D eigenvalue weighted by Gasteiger charge is -2.20. The van der Waals surface area contributed by atoms with Gasteiger partial charge in [0.1, 0.15) is 5.69 Å². The maximum Gasteiger partial charge on any atom is 0.293 e. The van der Waals surface area contributed by atoms with Crippen LogP contribution in [-0.4, -0.2) is 23.3 Å². The Balaban J connectivity index is 1.81. The fraction of sp³-hybridized carbons (Fsp3) is 0.300. The molecule has 2 aromatic carbocycles. The molecule has 1 unspecified atom stereocenters. The molecule has 3 rings (SSSR count). The number of anilines is 2. The monoisotopic (exact) mass is 367 g/mol. The summed E-state index contributed by atoms with van der Waals surface area (Å²) in [7, 11) is 0. The number of para-hydroxylation sites is 1. The number of nitro groups is 1. The molecule has 7 nitrogen and oxygen atoms in total. The number of aryl methyl sites for hydroxylation is 3. The molecule has 140 valence electrons. The summed E-state index contributed by atoms with van der Waals surface area (Å²) in [4.78, 5) is 37.5. The first-order valence-corrected chi connectivity index (χ1v) is 8.70. The summed E-state index contributed by atoms with van der Waals surface area (Å²) in [6, 6.07) is 10.5. The molecule has 1 atom stereocenters. The third kappa shape index (κ3) is 3.67. The standard InChI is InChI=1S/C20H21N3O4/c1-12-7-8-13(2)17(9-12)22-11-15(10-18(22)24)20(25)21-19-14(3)5-4-6-16(19)23(26)27/h4-9,15H,10-11H2,1-3H3,(H,21,25). The van der Waals surface area contributed by atoms with Crippen LogP contribution in [0.1, 0.15) is 23.1 Å². The second kappa shape index (κ2) is 7.19. The molecule has 0 spiro atoms. The van der Waals surface area contributed by atoms with Gasteiger partial charge >= 0.3 is 0 Å². The first kappa shape index (κ1) is 18.6. The highest BCUT2D eigenvalue weighted by Crippen LogP contribution is 2.32. The minimum absolute atomic E-state index is 0.0822. The summed E-state index contributed by atoms with van der Waals surface area (Å²) < 4.78 is 0. The van der Waals surface area contributed by atoms with Crippen LogP contribution in [0.4, 0.5) is 17.1 Å². The maximum absolute atomic E-state index is 12.7. The van der Waals surface area contributed by atoms with Crippen molar-refractivity contribution >= 4 is 28.9 Å². The van der Waals surface area contributed by atoms with Crippen molar-refractivity contribution < 1.29 is 14.5 Å². The van der Waals surface area contributed by atoms with Crippen molar-refractivity contribution in [2.75, 3.05) is 16.8 Å². The molecule has 27 heavy (non-hydrogen) atoms. The van der Waals surface area contributed by atoms with Crippen molar-refractivity contribution in [3.63, 3.8) is 0 Å². The van der Waals surface area contributed by atoms with Crippen LogP contribution in [0.25, 0.3) is 0 Å². The Morgan fingerprint density at radius 2 is 1.93 bits per heavy atom. The Kier molecular flexibility index (Phi) is 4.94. The van der Waals surface area contributed by atoms with Gasteiger partial charge in [-0.3, -0.25) is 19.7 Å². The van der Waals surface area contributed by atoms with E-state index in [-0.39, 0.29) is 36.2 Å². The van der Waals surface area contributed by atoms with Crippen molar-refractivity contribution in [3.05, 3.63) is 63.2 Å². The van der Waals surface area contributed by atoms with Crippen LogP contribution in [0, 0.1) is 36.8 Å². The van der Waals surface area contributed by atoms with Gasteiger partial charge in [-0.2, -0.15) is 0 Å². The number of benzene rings is 2. The molecule has 1 saturated heterocycles. The lowest BCUT2D eigenvalue weighted by atomic mass is 10.1. The van der Waals surface area contributed by atoms with E-state index in [0.29, 0.717) is 5.56 Å². The summed E-state index contributed by atoms with van der Waals surface area (Å²) in [5.74, 6) is -1.06. The van der Waals surface area contributed by atoms with Crippen LogP contribution >= 0.6 is 0 Å². The van der Waals surface area contributed by atoms with Crippen LogP contribution in [0.2, 0.25) is 0 Å². The molecule has 1 fully saturated rings. The van der Waals surface area contributed by atoms with E-state index in [1.807, 2.05) is 32.0 Å². The second-order valence-electron chi connectivity index (χ2n) is 6.91. The number of carbonyl (C=O) groups excluding carboxylic acids is 2. The lowest BCUT2D eigenvalue weighted by Crippen LogP contribution is -2.29. The zero-order chi connectivity index (χ0) is 19.7. The first-order valence-electron chi connectivity index (χ1n) is 8.70. The molecule has 0 bridgehead atoms. The molecule has 1 aliphatic heterocycles. The van der Waals surface area contributed by atoms with Crippen molar-refractivity contribution in [3.8, 4) is 0 Å². The number of nitro benzene ring substituents is 1. The normalized spacial score (nSPS) is 16.5. The number of carbonyl (C=O) groups is 2. The predicted molar refractivity (Wildman–Crippen MR) is 103 cm³/mol. The Morgan fingerprint density at radius 1 is 1.19 bits per heavy atom. The third-order valence-electron chi connectivity index (χ3n) is 4.85. The molecule has 2 aromatic rings. The molecule has 1 aliphatic rings. The molecule has 7 heteroatoms. The number of rotatable bonds is 4. The van der Waals surface area contributed by atoms with Crippen molar-refractivity contribution in [1.29, 1.82) is 0 Å². The lowest BCUT2D eigenvalue weighted by molar-refractivity contribution is -0.384. The maximum atomic E-state index is 12.7. The van der Waals surface area contributed by atoms with Gasteiger partial charge in [0.15, 0.2) is 0 Å². The Hall–Kier alpha value is -3.22. The van der Waals surface area contributed by atoms with Crippen LogP contribution in [0.15, 0.2) is 36.4 Å². The predicted octanol–water partition coefficient (Wildman–Crippen LogP) is 3.51. The zero-order valence-corrected chi connectivity index (χ0v) is 15.5. The highest BCUT2D eigenvalue weighted by atomic mass is 16.6. The molecular formula is C20H21N3O4. The van der Waals surface area contributed by atoms with Crippen LogP contribution in [0.5, 0.6) is 0 Å². The number of amides is 2. The van der Waals surface area contributed by atoms with E-state index >= 15 is 0 Å². The van der Waals surface area contributed by atoms with Gasteiger partial charge in [-0.25, -0.2) is 0 Å². The largest absolute Gasteiger partial charge is 0.320 e.